The van der Waals surface area contributed by atoms with Gasteiger partial charge in [0.1, 0.15) is 5.56 Å². The first-order valence-corrected chi connectivity index (χ1v) is 11.2. The zero-order chi connectivity index (χ0) is 24.7. The molecule has 4 aromatic rings. The van der Waals surface area contributed by atoms with Crippen LogP contribution in [0.4, 0.5) is 8.78 Å². The molecule has 0 unspecified atom stereocenters. The highest BCUT2D eigenvalue weighted by molar-refractivity contribution is 6.35. The van der Waals surface area contributed by atoms with Crippen LogP contribution in [-0.4, -0.2) is 26.7 Å². The lowest BCUT2D eigenvalue weighted by Gasteiger charge is -2.12. The van der Waals surface area contributed by atoms with E-state index >= 15 is 0 Å². The molecule has 0 saturated heterocycles. The zero-order valence-electron chi connectivity index (χ0n) is 17.7. The van der Waals surface area contributed by atoms with Crippen molar-refractivity contribution in [1.82, 2.24) is 14.3 Å². The molecule has 34 heavy (non-hydrogen) atoms. The van der Waals surface area contributed by atoms with Crippen LogP contribution in [0.5, 0.6) is 0 Å². The lowest BCUT2D eigenvalue weighted by atomic mass is 10.0. The number of hydrogen-bond donors (Lipinski definition) is 1. The number of aryl methyl sites for hydroxylation is 2. The van der Waals surface area contributed by atoms with Gasteiger partial charge in [-0.15, -0.1) is 5.10 Å². The van der Waals surface area contributed by atoms with E-state index in [1.807, 2.05) is 0 Å². The highest BCUT2D eigenvalue weighted by atomic mass is 35.5. The van der Waals surface area contributed by atoms with E-state index in [9.17, 15) is 18.4 Å². The molecule has 2 aromatic carbocycles. The molecule has 0 aliphatic heterocycles. The summed E-state index contributed by atoms with van der Waals surface area (Å²) in [5, 5.41) is 6.16. The average molecular weight is 526 g/mol. The van der Waals surface area contributed by atoms with Gasteiger partial charge >= 0.3 is 0 Å². The lowest BCUT2D eigenvalue weighted by Crippen LogP contribution is -2.32. The summed E-state index contributed by atoms with van der Waals surface area (Å²) in [6.45, 7) is 1.20. The van der Waals surface area contributed by atoms with Crippen molar-refractivity contribution in [2.75, 3.05) is 0 Å². The van der Waals surface area contributed by atoms with E-state index in [0.717, 1.165) is 4.57 Å². The molecular formula is C23H17Cl3F2N4O2. The first kappa shape index (κ1) is 24.2. The zero-order valence-corrected chi connectivity index (χ0v) is 19.9. The van der Waals surface area contributed by atoms with E-state index in [2.05, 4.69) is 5.10 Å². The standard InChI is InChI=1S/C23H17Cl3F2N4O2/c1-11-18-20(12-2-4-13(24)5-3-12)32(16-7-6-14(25)10-15(16)26)30-22(18)31(9-8-17(27)28)23(34)19(11)21(29)33/h2-7,10,17H,8-9H2,1H3,(H2,29,33). The third-order valence-electron chi connectivity index (χ3n) is 5.40. The number of carbonyl (C=O) groups excluding carboxylic acids is 1. The van der Waals surface area contributed by atoms with Crippen LogP contribution in [-0.2, 0) is 6.54 Å². The Morgan fingerprint density at radius 1 is 1.09 bits per heavy atom. The van der Waals surface area contributed by atoms with Crippen LogP contribution >= 0.6 is 34.8 Å². The van der Waals surface area contributed by atoms with E-state index in [1.54, 1.807) is 43.3 Å². The maximum atomic E-state index is 13.1. The number of hydrogen-bond acceptors (Lipinski definition) is 3. The smallest absolute Gasteiger partial charge is 0.265 e. The number of rotatable bonds is 6. The van der Waals surface area contributed by atoms with Gasteiger partial charge in [-0.3, -0.25) is 14.2 Å². The highest BCUT2D eigenvalue weighted by Crippen LogP contribution is 2.36. The fraction of sp³-hybridized carbons (Fsp3) is 0.174. The Balaban J connectivity index is 2.19. The molecule has 2 aromatic heterocycles. The molecule has 176 valence electrons. The van der Waals surface area contributed by atoms with E-state index in [-0.39, 0.29) is 28.3 Å². The molecule has 0 spiro atoms. The number of primary amides is 1. The van der Waals surface area contributed by atoms with E-state index < -0.39 is 24.3 Å². The molecule has 6 nitrogen and oxygen atoms in total. The second-order valence-corrected chi connectivity index (χ2v) is 8.84. The molecular weight excluding hydrogens is 509 g/mol. The molecule has 11 heteroatoms. The molecule has 0 fully saturated rings. The molecule has 1 amide bonds. The lowest BCUT2D eigenvalue weighted by molar-refractivity contribution is 0.0998. The van der Waals surface area contributed by atoms with Gasteiger partial charge in [0.15, 0.2) is 5.65 Å². The first-order valence-electron chi connectivity index (χ1n) is 10.1. The number of pyridine rings is 1. The number of aromatic nitrogens is 3. The second-order valence-electron chi connectivity index (χ2n) is 7.56. The Morgan fingerprint density at radius 3 is 2.32 bits per heavy atom. The summed E-state index contributed by atoms with van der Waals surface area (Å²) in [6.07, 6.45) is -3.27. The van der Waals surface area contributed by atoms with Crippen LogP contribution in [0.1, 0.15) is 22.3 Å². The summed E-state index contributed by atoms with van der Waals surface area (Å²) in [7, 11) is 0. The minimum atomic E-state index is -2.66. The topological polar surface area (TPSA) is 82.9 Å². The average Bonchev–Trinajstić information content (AvgIpc) is 3.14. The largest absolute Gasteiger partial charge is 0.365 e. The van der Waals surface area contributed by atoms with E-state index in [1.165, 1.54) is 10.7 Å². The summed E-state index contributed by atoms with van der Waals surface area (Å²) in [5.41, 5.74) is 6.37. The van der Waals surface area contributed by atoms with Crippen molar-refractivity contribution in [2.24, 2.45) is 5.73 Å². The summed E-state index contributed by atoms with van der Waals surface area (Å²) < 4.78 is 28.7. The van der Waals surface area contributed by atoms with Crippen LogP contribution in [0.15, 0.2) is 47.3 Å². The monoisotopic (exact) mass is 524 g/mol. The van der Waals surface area contributed by atoms with Crippen molar-refractivity contribution in [3.8, 4) is 16.9 Å². The number of fused-ring (bicyclic) bond motifs is 1. The Morgan fingerprint density at radius 2 is 1.74 bits per heavy atom. The molecule has 0 radical (unpaired) electrons. The molecule has 0 bridgehead atoms. The van der Waals surface area contributed by atoms with Gasteiger partial charge in [-0.25, -0.2) is 13.5 Å². The van der Waals surface area contributed by atoms with Gasteiger partial charge in [0.05, 0.1) is 16.4 Å². The van der Waals surface area contributed by atoms with Gasteiger partial charge in [-0.1, -0.05) is 46.9 Å². The van der Waals surface area contributed by atoms with Crippen molar-refractivity contribution >= 4 is 51.7 Å². The number of halogens is 5. The maximum Gasteiger partial charge on any atom is 0.265 e. The molecule has 0 aliphatic rings. The molecule has 0 aliphatic carbocycles. The van der Waals surface area contributed by atoms with E-state index in [4.69, 9.17) is 40.5 Å². The highest BCUT2D eigenvalue weighted by Gasteiger charge is 2.26. The third kappa shape index (κ3) is 4.29. The maximum absolute atomic E-state index is 13.1. The summed E-state index contributed by atoms with van der Waals surface area (Å²) in [4.78, 5) is 25.3. The van der Waals surface area contributed by atoms with Crippen molar-refractivity contribution in [3.05, 3.63) is 79.0 Å². The Kier molecular flexibility index (Phi) is 6.66. The second kappa shape index (κ2) is 9.37. The minimum Gasteiger partial charge on any atom is -0.365 e. The van der Waals surface area contributed by atoms with E-state index in [0.29, 0.717) is 32.4 Å². The van der Waals surface area contributed by atoms with Crippen LogP contribution in [0.25, 0.3) is 28.0 Å². The molecule has 2 N–H and O–H groups in total. The van der Waals surface area contributed by atoms with Crippen molar-refractivity contribution in [3.63, 3.8) is 0 Å². The first-order chi connectivity index (χ1) is 16.1. The number of amides is 1. The number of benzene rings is 2. The fourth-order valence-electron chi connectivity index (χ4n) is 3.88. The van der Waals surface area contributed by atoms with Crippen LogP contribution < -0.4 is 11.3 Å². The normalized spacial score (nSPS) is 11.5. The minimum absolute atomic E-state index is 0.115. The van der Waals surface area contributed by atoms with Gasteiger partial charge in [0.2, 0.25) is 6.43 Å². The fourth-order valence-corrected chi connectivity index (χ4v) is 4.50. The summed E-state index contributed by atoms with van der Waals surface area (Å²) >= 11 is 18.6. The Hall–Kier alpha value is -2.94. The predicted molar refractivity (Wildman–Crippen MR) is 130 cm³/mol. The van der Waals surface area contributed by atoms with Gasteiger partial charge in [0.25, 0.3) is 11.5 Å². The molecule has 0 atom stereocenters. The van der Waals surface area contributed by atoms with Gasteiger partial charge in [-0.2, -0.15) is 0 Å². The number of nitrogens with two attached hydrogens (primary N) is 1. The summed E-state index contributed by atoms with van der Waals surface area (Å²) in [5.74, 6) is -0.963. The predicted octanol–water partition coefficient (Wildman–Crippen LogP) is 5.88. The molecule has 2 heterocycles. The van der Waals surface area contributed by atoms with Gasteiger partial charge < -0.3 is 5.73 Å². The molecule has 0 saturated carbocycles. The van der Waals surface area contributed by atoms with Crippen molar-refractivity contribution in [1.29, 1.82) is 0 Å². The number of alkyl halides is 2. The third-order valence-corrected chi connectivity index (χ3v) is 6.19. The Bertz CT molecular complexity index is 1480. The van der Waals surface area contributed by atoms with Crippen LogP contribution in [0, 0.1) is 6.92 Å². The number of carbonyl (C=O) groups is 1. The number of nitrogens with zero attached hydrogens (tertiary/aromatic N) is 3. The Labute approximate surface area is 207 Å². The van der Waals surface area contributed by atoms with Gasteiger partial charge in [0, 0.05) is 34.0 Å². The van der Waals surface area contributed by atoms with Crippen molar-refractivity contribution < 1.29 is 13.6 Å². The summed E-state index contributed by atoms with van der Waals surface area (Å²) in [6, 6.07) is 11.6. The van der Waals surface area contributed by atoms with Crippen LogP contribution in [0.2, 0.25) is 15.1 Å². The SMILES string of the molecule is Cc1c(C(N)=O)c(=O)n(CCC(F)F)c2nn(-c3ccc(Cl)cc3Cl)c(-c3ccc(Cl)cc3)c12. The van der Waals surface area contributed by atoms with Crippen LogP contribution in [0.3, 0.4) is 0 Å². The molecule has 4 rings (SSSR count). The van der Waals surface area contributed by atoms with Gasteiger partial charge in [-0.05, 0) is 42.8 Å². The van der Waals surface area contributed by atoms with Crippen molar-refractivity contribution in [2.45, 2.75) is 26.3 Å². The quantitative estimate of drug-likeness (QED) is 0.341.